The van der Waals surface area contributed by atoms with Crippen molar-refractivity contribution in [1.29, 1.82) is 0 Å². The van der Waals surface area contributed by atoms with Gasteiger partial charge in [-0.2, -0.15) is 0 Å². The van der Waals surface area contributed by atoms with Gasteiger partial charge < -0.3 is 10.1 Å². The van der Waals surface area contributed by atoms with Crippen LogP contribution < -0.4 is 5.32 Å². The number of nitrogens with one attached hydrogen (secondary N) is 1. The third kappa shape index (κ3) is 1.69. The van der Waals surface area contributed by atoms with Crippen LogP contribution in [0.15, 0.2) is 12.2 Å². The molecule has 1 aliphatic heterocycles. The Morgan fingerprint density at radius 1 is 1.60 bits per heavy atom. The van der Waals surface area contributed by atoms with Gasteiger partial charge in [0.05, 0.1) is 18.7 Å². The zero-order valence-corrected chi connectivity index (χ0v) is 8.60. The average Bonchev–Trinajstić information content (AvgIpc) is 2.54. The molecule has 5 heteroatoms. The fourth-order valence-electron chi connectivity index (χ4n) is 2.03. The number of carbonyl (C=O) groups is 2. The number of amides is 3. The summed E-state index contributed by atoms with van der Waals surface area (Å²) in [6, 6.07) is -0.374. The number of imide groups is 1. The van der Waals surface area contributed by atoms with Gasteiger partial charge in [-0.05, 0) is 19.8 Å². The highest BCUT2D eigenvalue weighted by Crippen LogP contribution is 2.24. The van der Waals surface area contributed by atoms with Crippen LogP contribution in [-0.2, 0) is 4.74 Å². The molecular weight excluding hydrogens is 196 g/mol. The lowest BCUT2D eigenvalue weighted by Crippen LogP contribution is -2.41. The van der Waals surface area contributed by atoms with Crippen molar-refractivity contribution in [1.82, 2.24) is 10.2 Å². The summed E-state index contributed by atoms with van der Waals surface area (Å²) >= 11 is 0. The molecule has 82 valence electrons. The van der Waals surface area contributed by atoms with Gasteiger partial charge >= 0.3 is 12.1 Å². The molecule has 1 fully saturated rings. The van der Waals surface area contributed by atoms with Crippen LogP contribution in [0.5, 0.6) is 0 Å². The lowest BCUT2D eigenvalue weighted by Gasteiger charge is -2.24. The number of ether oxygens (including phenoxy) is 1. The highest BCUT2D eigenvalue weighted by Gasteiger charge is 2.43. The quantitative estimate of drug-likeness (QED) is 0.663. The van der Waals surface area contributed by atoms with Crippen molar-refractivity contribution in [3.63, 3.8) is 0 Å². The van der Waals surface area contributed by atoms with Crippen molar-refractivity contribution < 1.29 is 14.3 Å². The molecule has 2 atom stereocenters. The molecule has 0 saturated carbocycles. The van der Waals surface area contributed by atoms with E-state index in [0.29, 0.717) is 6.42 Å². The van der Waals surface area contributed by atoms with Gasteiger partial charge in [0.15, 0.2) is 0 Å². The summed E-state index contributed by atoms with van der Waals surface area (Å²) in [7, 11) is 0. The maximum Gasteiger partial charge on any atom is 0.418 e. The minimum atomic E-state index is -0.544. The molecule has 0 aromatic carbocycles. The maximum atomic E-state index is 11.5. The Hall–Kier alpha value is -1.52. The van der Waals surface area contributed by atoms with E-state index < -0.39 is 6.09 Å². The van der Waals surface area contributed by atoms with Crippen LogP contribution in [0.3, 0.4) is 0 Å². The molecular formula is C10H14N2O3. The van der Waals surface area contributed by atoms with E-state index in [0.717, 1.165) is 6.42 Å². The lowest BCUT2D eigenvalue weighted by molar-refractivity contribution is 0.109. The third-order valence-electron chi connectivity index (χ3n) is 2.72. The molecule has 0 radical (unpaired) electrons. The van der Waals surface area contributed by atoms with Crippen molar-refractivity contribution in [2.24, 2.45) is 0 Å². The van der Waals surface area contributed by atoms with E-state index in [2.05, 4.69) is 5.32 Å². The minimum absolute atomic E-state index is 0.0481. The van der Waals surface area contributed by atoms with Gasteiger partial charge in [0.25, 0.3) is 0 Å². The summed E-state index contributed by atoms with van der Waals surface area (Å²) in [4.78, 5) is 24.3. The zero-order valence-electron chi connectivity index (χ0n) is 8.60. The largest absolute Gasteiger partial charge is 0.449 e. The molecule has 0 aromatic rings. The van der Waals surface area contributed by atoms with Crippen LogP contribution in [0.25, 0.3) is 0 Å². The Morgan fingerprint density at radius 3 is 3.07 bits per heavy atom. The van der Waals surface area contributed by atoms with Crippen LogP contribution in [0, 0.1) is 0 Å². The molecule has 0 unspecified atom stereocenters. The van der Waals surface area contributed by atoms with Crippen molar-refractivity contribution >= 4 is 12.1 Å². The molecule has 1 N–H and O–H groups in total. The second kappa shape index (κ2) is 3.92. The number of rotatable bonds is 1. The number of urea groups is 1. The summed E-state index contributed by atoms with van der Waals surface area (Å²) in [5, 5.41) is 2.78. The third-order valence-corrected chi connectivity index (χ3v) is 2.72. The number of fused-ring (bicyclic) bond motifs is 1. The summed E-state index contributed by atoms with van der Waals surface area (Å²) in [5.41, 5.74) is 0. The fourth-order valence-corrected chi connectivity index (χ4v) is 2.03. The maximum absolute atomic E-state index is 11.5. The molecule has 2 rings (SSSR count). The van der Waals surface area contributed by atoms with Crippen LogP contribution in [0.1, 0.15) is 19.8 Å². The summed E-state index contributed by atoms with van der Waals surface area (Å²) in [6.45, 7) is 2.01. The molecule has 0 aromatic heterocycles. The SMILES string of the molecule is CCOC(=O)N1C(=O)N[C@@H]2CC=CC[C@@H]21. The first kappa shape index (κ1) is 10.0. The summed E-state index contributed by atoms with van der Waals surface area (Å²) in [6.07, 6.45) is 4.97. The van der Waals surface area contributed by atoms with Gasteiger partial charge in [-0.3, -0.25) is 0 Å². The Kier molecular flexibility index (Phi) is 2.62. The van der Waals surface area contributed by atoms with E-state index in [1.165, 1.54) is 4.90 Å². The molecule has 0 spiro atoms. The molecule has 3 amide bonds. The first-order valence-electron chi connectivity index (χ1n) is 5.15. The normalized spacial score (nSPS) is 28.6. The van der Waals surface area contributed by atoms with Gasteiger partial charge in [0.2, 0.25) is 0 Å². The van der Waals surface area contributed by atoms with E-state index in [-0.39, 0.29) is 24.7 Å². The Balaban J connectivity index is 2.13. The average molecular weight is 210 g/mol. The van der Waals surface area contributed by atoms with Crippen molar-refractivity contribution in [2.75, 3.05) is 6.61 Å². The van der Waals surface area contributed by atoms with Crippen LogP contribution in [0.2, 0.25) is 0 Å². The Labute approximate surface area is 88.1 Å². The topological polar surface area (TPSA) is 58.6 Å². The van der Waals surface area contributed by atoms with E-state index in [4.69, 9.17) is 4.74 Å². The number of nitrogens with zero attached hydrogens (tertiary/aromatic N) is 1. The standard InChI is InChI=1S/C10H14N2O3/c1-2-15-10(14)12-8-6-4-3-5-7(8)11-9(12)13/h3-4,7-8H,2,5-6H2,1H3,(H,11,13)/t7-,8+/m1/s1. The molecule has 1 saturated heterocycles. The first-order valence-corrected chi connectivity index (χ1v) is 5.15. The van der Waals surface area contributed by atoms with Crippen LogP contribution in [-0.4, -0.2) is 35.7 Å². The van der Waals surface area contributed by atoms with E-state index in [1.807, 2.05) is 12.2 Å². The number of hydrogen-bond acceptors (Lipinski definition) is 3. The van der Waals surface area contributed by atoms with E-state index >= 15 is 0 Å². The molecule has 1 aliphatic carbocycles. The van der Waals surface area contributed by atoms with Gasteiger partial charge in [0, 0.05) is 0 Å². The number of carbonyl (C=O) groups excluding carboxylic acids is 2. The smallest absolute Gasteiger partial charge is 0.418 e. The molecule has 15 heavy (non-hydrogen) atoms. The zero-order chi connectivity index (χ0) is 10.8. The fraction of sp³-hybridized carbons (Fsp3) is 0.600. The van der Waals surface area contributed by atoms with Crippen molar-refractivity contribution in [2.45, 2.75) is 31.8 Å². The van der Waals surface area contributed by atoms with Gasteiger partial charge in [-0.1, -0.05) is 12.2 Å². The van der Waals surface area contributed by atoms with Gasteiger partial charge in [-0.25, -0.2) is 14.5 Å². The minimum Gasteiger partial charge on any atom is -0.449 e. The lowest BCUT2D eigenvalue weighted by atomic mass is 9.97. The van der Waals surface area contributed by atoms with Crippen molar-refractivity contribution in [3.8, 4) is 0 Å². The Morgan fingerprint density at radius 2 is 2.33 bits per heavy atom. The van der Waals surface area contributed by atoms with E-state index in [1.54, 1.807) is 6.92 Å². The van der Waals surface area contributed by atoms with Crippen molar-refractivity contribution in [3.05, 3.63) is 12.2 Å². The molecule has 5 nitrogen and oxygen atoms in total. The second-order valence-electron chi connectivity index (χ2n) is 3.64. The van der Waals surface area contributed by atoms with Gasteiger partial charge in [-0.15, -0.1) is 0 Å². The summed E-state index contributed by atoms with van der Waals surface area (Å²) < 4.78 is 4.85. The van der Waals surface area contributed by atoms with Crippen LogP contribution in [0.4, 0.5) is 9.59 Å². The number of hydrogen-bond donors (Lipinski definition) is 1. The van der Waals surface area contributed by atoms with Gasteiger partial charge in [0.1, 0.15) is 0 Å². The molecule has 1 heterocycles. The second-order valence-corrected chi connectivity index (χ2v) is 3.64. The molecule has 2 aliphatic rings. The highest BCUT2D eigenvalue weighted by atomic mass is 16.6. The first-order chi connectivity index (χ1) is 7.24. The predicted octanol–water partition coefficient (Wildman–Crippen LogP) is 1.26. The predicted molar refractivity (Wildman–Crippen MR) is 53.3 cm³/mol. The molecule has 0 bridgehead atoms. The summed E-state index contributed by atoms with van der Waals surface area (Å²) in [5.74, 6) is 0. The monoisotopic (exact) mass is 210 g/mol. The van der Waals surface area contributed by atoms with Crippen LogP contribution >= 0.6 is 0 Å². The Bertz CT molecular complexity index is 314. The van der Waals surface area contributed by atoms with E-state index in [9.17, 15) is 9.59 Å². The highest BCUT2D eigenvalue weighted by molar-refractivity contribution is 5.93.